The van der Waals surface area contributed by atoms with Gasteiger partial charge in [-0.1, -0.05) is 15.9 Å². The summed E-state index contributed by atoms with van der Waals surface area (Å²) < 4.78 is 72.5. The van der Waals surface area contributed by atoms with E-state index in [1.165, 1.54) is 30.5 Å². The molecule has 0 aliphatic carbocycles. The zero-order valence-electron chi connectivity index (χ0n) is 14.2. The predicted molar refractivity (Wildman–Crippen MR) is 104 cm³/mol. The Morgan fingerprint density at radius 1 is 0.929 bits per heavy atom. The van der Waals surface area contributed by atoms with Gasteiger partial charge in [0.05, 0.1) is 16.1 Å². The number of rotatable bonds is 7. The molecule has 0 bridgehead atoms. The Morgan fingerprint density at radius 2 is 1.54 bits per heavy atom. The highest BCUT2D eigenvalue weighted by Gasteiger charge is 2.33. The van der Waals surface area contributed by atoms with Crippen molar-refractivity contribution >= 4 is 35.8 Å². The zero-order chi connectivity index (χ0) is 20.4. The van der Waals surface area contributed by atoms with Crippen LogP contribution in [0.5, 0.6) is 0 Å². The van der Waals surface area contributed by atoms with Crippen molar-refractivity contribution in [1.29, 1.82) is 0 Å². The molecular formula is C18H15BrFNO5S2. The maximum Gasteiger partial charge on any atom is 0.240 e. The van der Waals surface area contributed by atoms with Crippen molar-refractivity contribution in [3.8, 4) is 0 Å². The van der Waals surface area contributed by atoms with Crippen molar-refractivity contribution in [2.75, 3.05) is 6.54 Å². The van der Waals surface area contributed by atoms with Crippen LogP contribution in [0.1, 0.15) is 11.0 Å². The lowest BCUT2D eigenvalue weighted by Crippen LogP contribution is -2.31. The lowest BCUT2D eigenvalue weighted by Gasteiger charge is -2.17. The summed E-state index contributed by atoms with van der Waals surface area (Å²) in [4.78, 5) is -0.147. The van der Waals surface area contributed by atoms with Crippen LogP contribution in [0.4, 0.5) is 4.39 Å². The Bertz CT molecular complexity index is 1140. The summed E-state index contributed by atoms with van der Waals surface area (Å²) in [7, 11) is -8.00. The van der Waals surface area contributed by atoms with Crippen LogP contribution in [-0.2, 0) is 19.9 Å². The third-order valence-electron chi connectivity index (χ3n) is 3.96. The average Bonchev–Trinajstić information content (AvgIpc) is 3.16. The molecule has 1 atom stereocenters. The summed E-state index contributed by atoms with van der Waals surface area (Å²) in [6.07, 6.45) is 1.30. The Hall–Kier alpha value is -2.01. The molecule has 0 aliphatic rings. The third kappa shape index (κ3) is 4.52. The van der Waals surface area contributed by atoms with E-state index in [0.717, 1.165) is 24.3 Å². The van der Waals surface area contributed by atoms with Gasteiger partial charge in [-0.3, -0.25) is 0 Å². The lowest BCUT2D eigenvalue weighted by atomic mass is 10.3. The molecule has 0 saturated carbocycles. The van der Waals surface area contributed by atoms with Crippen LogP contribution >= 0.6 is 15.9 Å². The molecular weight excluding hydrogens is 473 g/mol. The van der Waals surface area contributed by atoms with E-state index in [9.17, 15) is 21.2 Å². The Kier molecular flexibility index (Phi) is 6.04. The second kappa shape index (κ2) is 8.16. The molecule has 0 radical (unpaired) electrons. The molecule has 3 aromatic rings. The van der Waals surface area contributed by atoms with E-state index in [1.54, 1.807) is 12.1 Å². The van der Waals surface area contributed by atoms with Crippen LogP contribution in [0.2, 0.25) is 0 Å². The lowest BCUT2D eigenvalue weighted by molar-refractivity contribution is 0.486. The summed E-state index contributed by atoms with van der Waals surface area (Å²) in [6.45, 7) is -0.453. The van der Waals surface area contributed by atoms with Gasteiger partial charge in [-0.25, -0.2) is 25.9 Å². The predicted octanol–water partition coefficient (Wildman–Crippen LogP) is 3.67. The van der Waals surface area contributed by atoms with Crippen LogP contribution in [0.15, 0.2) is 85.6 Å². The summed E-state index contributed by atoms with van der Waals surface area (Å²) in [5, 5.41) is -1.32. The smallest absolute Gasteiger partial charge is 0.240 e. The van der Waals surface area contributed by atoms with Gasteiger partial charge in [0, 0.05) is 11.0 Å². The summed E-state index contributed by atoms with van der Waals surface area (Å²) in [5.41, 5.74) is 0. The molecule has 0 aliphatic heterocycles. The fourth-order valence-electron chi connectivity index (χ4n) is 2.51. The van der Waals surface area contributed by atoms with E-state index in [4.69, 9.17) is 4.42 Å². The van der Waals surface area contributed by atoms with Gasteiger partial charge in [-0.2, -0.15) is 0 Å². The quantitative estimate of drug-likeness (QED) is 0.513. The first-order chi connectivity index (χ1) is 13.2. The van der Waals surface area contributed by atoms with Gasteiger partial charge in [-0.05, 0) is 60.7 Å². The second-order valence-corrected chi connectivity index (χ2v) is 10.6. The molecule has 148 valence electrons. The summed E-state index contributed by atoms with van der Waals surface area (Å²) in [6, 6.07) is 13.2. The second-order valence-electron chi connectivity index (χ2n) is 5.81. The molecule has 1 unspecified atom stereocenters. The van der Waals surface area contributed by atoms with E-state index < -0.39 is 37.5 Å². The molecule has 1 N–H and O–H groups in total. The van der Waals surface area contributed by atoms with Gasteiger partial charge in [0.15, 0.2) is 9.84 Å². The summed E-state index contributed by atoms with van der Waals surface area (Å²) in [5.74, 6) is -0.507. The molecule has 0 amide bonds. The highest BCUT2D eigenvalue weighted by atomic mass is 79.9. The van der Waals surface area contributed by atoms with Crippen molar-refractivity contribution < 1.29 is 25.6 Å². The minimum absolute atomic E-state index is 0.00641. The van der Waals surface area contributed by atoms with Crippen molar-refractivity contribution in [2.45, 2.75) is 15.0 Å². The maximum atomic E-state index is 13.2. The normalized spacial score (nSPS) is 13.4. The molecule has 28 heavy (non-hydrogen) atoms. The SMILES string of the molecule is O=S(=O)(NCC(c1ccco1)S(=O)(=O)c1ccc(F)cc1)c1ccc(Br)cc1. The Labute approximate surface area is 170 Å². The Balaban J connectivity index is 1.91. The van der Waals surface area contributed by atoms with Crippen LogP contribution in [0, 0.1) is 5.82 Å². The van der Waals surface area contributed by atoms with E-state index in [-0.39, 0.29) is 15.6 Å². The van der Waals surface area contributed by atoms with E-state index in [2.05, 4.69) is 20.7 Å². The largest absolute Gasteiger partial charge is 0.468 e. The van der Waals surface area contributed by atoms with Crippen molar-refractivity contribution in [1.82, 2.24) is 4.72 Å². The van der Waals surface area contributed by atoms with Crippen LogP contribution < -0.4 is 4.72 Å². The molecule has 0 saturated heterocycles. The minimum atomic E-state index is -4.05. The highest BCUT2D eigenvalue weighted by Crippen LogP contribution is 2.29. The van der Waals surface area contributed by atoms with Crippen molar-refractivity contribution in [2.24, 2.45) is 0 Å². The third-order valence-corrected chi connectivity index (χ3v) is 8.01. The monoisotopic (exact) mass is 487 g/mol. The maximum absolute atomic E-state index is 13.2. The first kappa shape index (κ1) is 20.7. The molecule has 0 spiro atoms. The van der Waals surface area contributed by atoms with E-state index in [1.807, 2.05) is 0 Å². The van der Waals surface area contributed by atoms with Crippen LogP contribution in [0.3, 0.4) is 0 Å². The first-order valence-corrected chi connectivity index (χ1v) is 11.8. The van der Waals surface area contributed by atoms with E-state index >= 15 is 0 Å². The topological polar surface area (TPSA) is 93.4 Å². The van der Waals surface area contributed by atoms with Crippen molar-refractivity contribution in [3.63, 3.8) is 0 Å². The molecule has 3 rings (SSSR count). The van der Waals surface area contributed by atoms with Crippen LogP contribution in [-0.4, -0.2) is 23.4 Å². The highest BCUT2D eigenvalue weighted by molar-refractivity contribution is 9.10. The minimum Gasteiger partial charge on any atom is -0.468 e. The Morgan fingerprint density at radius 3 is 2.11 bits per heavy atom. The molecule has 2 aromatic carbocycles. The molecule has 10 heteroatoms. The van der Waals surface area contributed by atoms with Gasteiger partial charge >= 0.3 is 0 Å². The van der Waals surface area contributed by atoms with Crippen LogP contribution in [0.25, 0.3) is 0 Å². The number of hydrogen-bond donors (Lipinski definition) is 1. The zero-order valence-corrected chi connectivity index (χ0v) is 17.5. The number of furan rings is 1. The van der Waals surface area contributed by atoms with Gasteiger partial charge in [0.25, 0.3) is 0 Å². The van der Waals surface area contributed by atoms with Gasteiger partial charge < -0.3 is 4.42 Å². The first-order valence-electron chi connectivity index (χ1n) is 7.98. The van der Waals surface area contributed by atoms with Gasteiger partial charge in [-0.15, -0.1) is 0 Å². The number of benzene rings is 2. The fourth-order valence-corrected chi connectivity index (χ4v) is 5.51. The molecule has 0 fully saturated rings. The summed E-state index contributed by atoms with van der Waals surface area (Å²) >= 11 is 3.22. The standard InChI is InChI=1S/C18H15BrFNO5S2/c19-13-3-7-16(8-4-13)28(24,25)21-12-18(17-2-1-11-26-17)27(22,23)15-9-5-14(20)6-10-15/h1-11,18,21H,12H2. The van der Waals surface area contributed by atoms with Crippen molar-refractivity contribution in [3.05, 3.63) is 83.0 Å². The van der Waals surface area contributed by atoms with Gasteiger partial charge in [0.2, 0.25) is 10.0 Å². The average molecular weight is 488 g/mol. The number of halogens is 2. The number of sulfonamides is 1. The molecule has 1 aromatic heterocycles. The number of nitrogens with one attached hydrogen (secondary N) is 1. The molecule has 6 nitrogen and oxygen atoms in total. The van der Waals surface area contributed by atoms with Gasteiger partial charge in [0.1, 0.15) is 16.8 Å². The number of hydrogen-bond acceptors (Lipinski definition) is 5. The van der Waals surface area contributed by atoms with E-state index in [0.29, 0.717) is 4.47 Å². The molecule has 1 heterocycles. The number of sulfone groups is 1. The fraction of sp³-hybridized carbons (Fsp3) is 0.111.